The minimum absolute atomic E-state index is 0.198. The van der Waals surface area contributed by atoms with E-state index in [2.05, 4.69) is 10.3 Å². The quantitative estimate of drug-likeness (QED) is 0.684. The molecule has 3 nitrogen and oxygen atoms in total. The van der Waals surface area contributed by atoms with E-state index in [4.69, 9.17) is 11.6 Å². The van der Waals surface area contributed by atoms with Gasteiger partial charge in [0.05, 0.1) is 11.4 Å². The molecular weight excluding hydrogens is 260 g/mol. The number of pyridine rings is 1. The number of nitrogens with one attached hydrogen (secondary N) is 1. The van der Waals surface area contributed by atoms with Crippen LogP contribution in [-0.4, -0.2) is 10.9 Å². The van der Waals surface area contributed by atoms with Crippen molar-refractivity contribution in [2.24, 2.45) is 0 Å². The number of rotatable bonds is 3. The monoisotopic (exact) mass is 272 g/mol. The summed E-state index contributed by atoms with van der Waals surface area (Å²) in [5, 5.41) is 3.17. The lowest BCUT2D eigenvalue weighted by Crippen LogP contribution is -2.09. The molecule has 1 amide bonds. The smallest absolute Gasteiger partial charge is 0.248 e. The SMILES string of the molecule is Cc1nc(Cl)ccc1NC(=O)/C=C/c1ccccc1. The van der Waals surface area contributed by atoms with Crippen LogP contribution in [0.5, 0.6) is 0 Å². The average molecular weight is 273 g/mol. The first-order valence-electron chi connectivity index (χ1n) is 5.82. The van der Waals surface area contributed by atoms with Crippen molar-refractivity contribution >= 4 is 29.3 Å². The Morgan fingerprint density at radius 2 is 1.95 bits per heavy atom. The van der Waals surface area contributed by atoms with Gasteiger partial charge in [-0.3, -0.25) is 4.79 Å². The molecule has 1 aromatic carbocycles. The predicted molar refractivity (Wildman–Crippen MR) is 78.1 cm³/mol. The zero-order valence-corrected chi connectivity index (χ0v) is 11.2. The van der Waals surface area contributed by atoms with Gasteiger partial charge in [0, 0.05) is 6.08 Å². The van der Waals surface area contributed by atoms with Gasteiger partial charge in [-0.2, -0.15) is 0 Å². The van der Waals surface area contributed by atoms with Crippen molar-refractivity contribution in [1.82, 2.24) is 4.98 Å². The van der Waals surface area contributed by atoms with Gasteiger partial charge in [-0.15, -0.1) is 0 Å². The molecule has 0 bridgehead atoms. The van der Waals surface area contributed by atoms with E-state index < -0.39 is 0 Å². The van der Waals surface area contributed by atoms with E-state index in [1.165, 1.54) is 6.08 Å². The van der Waals surface area contributed by atoms with E-state index in [1.807, 2.05) is 30.3 Å². The molecule has 2 rings (SSSR count). The Bertz CT molecular complexity index is 609. The molecule has 1 heterocycles. The lowest BCUT2D eigenvalue weighted by atomic mass is 10.2. The van der Waals surface area contributed by atoms with Crippen molar-refractivity contribution in [3.8, 4) is 0 Å². The van der Waals surface area contributed by atoms with Gasteiger partial charge >= 0.3 is 0 Å². The van der Waals surface area contributed by atoms with Gasteiger partial charge in [0.2, 0.25) is 5.91 Å². The Kier molecular flexibility index (Phi) is 4.31. The lowest BCUT2D eigenvalue weighted by molar-refractivity contribution is -0.111. The number of anilines is 1. The van der Waals surface area contributed by atoms with Gasteiger partial charge in [0.15, 0.2) is 0 Å². The summed E-state index contributed by atoms with van der Waals surface area (Å²) in [4.78, 5) is 15.8. The van der Waals surface area contributed by atoms with E-state index in [-0.39, 0.29) is 5.91 Å². The summed E-state index contributed by atoms with van der Waals surface area (Å²) in [7, 11) is 0. The molecule has 96 valence electrons. The number of hydrogen-bond acceptors (Lipinski definition) is 2. The van der Waals surface area contributed by atoms with Crippen LogP contribution in [0, 0.1) is 6.92 Å². The van der Waals surface area contributed by atoms with Crippen LogP contribution in [0.1, 0.15) is 11.3 Å². The summed E-state index contributed by atoms with van der Waals surface area (Å²) < 4.78 is 0. The lowest BCUT2D eigenvalue weighted by Gasteiger charge is -2.05. The number of hydrogen-bond donors (Lipinski definition) is 1. The van der Waals surface area contributed by atoms with Crippen molar-refractivity contribution in [1.29, 1.82) is 0 Å². The standard InChI is InChI=1S/C15H13ClN2O/c1-11-13(8-9-14(16)17-11)18-15(19)10-7-12-5-3-2-4-6-12/h2-10H,1H3,(H,18,19)/b10-7+. The van der Waals surface area contributed by atoms with Crippen molar-refractivity contribution in [3.63, 3.8) is 0 Å². The Morgan fingerprint density at radius 3 is 2.63 bits per heavy atom. The molecule has 2 aromatic rings. The van der Waals surface area contributed by atoms with Crippen LogP contribution in [0.3, 0.4) is 0 Å². The van der Waals surface area contributed by atoms with Gasteiger partial charge in [0.1, 0.15) is 5.15 Å². The molecule has 0 spiro atoms. The number of aromatic nitrogens is 1. The molecule has 0 aliphatic heterocycles. The summed E-state index contributed by atoms with van der Waals surface area (Å²) in [6.07, 6.45) is 3.25. The summed E-state index contributed by atoms with van der Waals surface area (Å²) in [6, 6.07) is 13.0. The molecule has 0 aliphatic carbocycles. The minimum Gasteiger partial charge on any atom is -0.321 e. The number of carbonyl (C=O) groups excluding carboxylic acids is 1. The van der Waals surface area contributed by atoms with Crippen LogP contribution in [0.2, 0.25) is 5.15 Å². The minimum atomic E-state index is -0.198. The van der Waals surface area contributed by atoms with Gasteiger partial charge in [-0.1, -0.05) is 41.9 Å². The number of amides is 1. The molecule has 0 saturated carbocycles. The van der Waals surface area contributed by atoms with E-state index in [1.54, 1.807) is 25.1 Å². The Hall–Kier alpha value is -2.13. The largest absolute Gasteiger partial charge is 0.321 e. The molecule has 0 fully saturated rings. The van der Waals surface area contributed by atoms with Gasteiger partial charge in [-0.25, -0.2) is 4.98 Å². The number of aryl methyl sites for hydroxylation is 1. The molecule has 0 aliphatic rings. The topological polar surface area (TPSA) is 42.0 Å². The third-order valence-corrected chi connectivity index (χ3v) is 2.75. The first-order valence-corrected chi connectivity index (χ1v) is 6.20. The number of nitrogens with zero attached hydrogens (tertiary/aromatic N) is 1. The maximum absolute atomic E-state index is 11.8. The summed E-state index contributed by atoms with van der Waals surface area (Å²) in [5.74, 6) is -0.198. The van der Waals surface area contributed by atoms with E-state index >= 15 is 0 Å². The first-order chi connectivity index (χ1) is 9.15. The molecule has 1 N–H and O–H groups in total. The second-order valence-corrected chi connectivity index (χ2v) is 4.39. The predicted octanol–water partition coefficient (Wildman–Crippen LogP) is 3.70. The van der Waals surface area contributed by atoms with Gasteiger partial charge < -0.3 is 5.32 Å². The zero-order chi connectivity index (χ0) is 13.7. The van der Waals surface area contributed by atoms with Gasteiger partial charge in [-0.05, 0) is 30.7 Å². The van der Waals surface area contributed by atoms with Crippen LogP contribution in [0.15, 0.2) is 48.5 Å². The molecule has 4 heteroatoms. The fraction of sp³-hybridized carbons (Fsp3) is 0.0667. The molecule has 0 unspecified atom stereocenters. The highest BCUT2D eigenvalue weighted by atomic mass is 35.5. The molecule has 19 heavy (non-hydrogen) atoms. The van der Waals surface area contributed by atoms with E-state index in [0.717, 1.165) is 5.56 Å². The average Bonchev–Trinajstić information content (AvgIpc) is 2.41. The van der Waals surface area contributed by atoms with Crippen molar-refractivity contribution < 1.29 is 4.79 Å². The van der Waals surface area contributed by atoms with Crippen LogP contribution in [0.4, 0.5) is 5.69 Å². The highest BCUT2D eigenvalue weighted by molar-refractivity contribution is 6.29. The highest BCUT2D eigenvalue weighted by Crippen LogP contribution is 2.15. The summed E-state index contributed by atoms with van der Waals surface area (Å²) in [6.45, 7) is 1.79. The van der Waals surface area contributed by atoms with Crippen LogP contribution >= 0.6 is 11.6 Å². The second kappa shape index (κ2) is 6.16. The molecule has 1 aromatic heterocycles. The molecular formula is C15H13ClN2O. The van der Waals surface area contributed by atoms with E-state index in [0.29, 0.717) is 16.5 Å². The van der Waals surface area contributed by atoms with Crippen LogP contribution in [-0.2, 0) is 4.79 Å². The second-order valence-electron chi connectivity index (χ2n) is 4.00. The van der Waals surface area contributed by atoms with Crippen molar-refractivity contribution in [2.45, 2.75) is 6.92 Å². The first kappa shape index (κ1) is 13.3. The molecule has 0 atom stereocenters. The van der Waals surface area contributed by atoms with Crippen LogP contribution in [0.25, 0.3) is 6.08 Å². The van der Waals surface area contributed by atoms with E-state index in [9.17, 15) is 4.79 Å². The van der Waals surface area contributed by atoms with Crippen molar-refractivity contribution in [2.75, 3.05) is 5.32 Å². The fourth-order valence-electron chi connectivity index (χ4n) is 1.57. The molecule has 0 radical (unpaired) electrons. The third kappa shape index (κ3) is 3.93. The fourth-order valence-corrected chi connectivity index (χ4v) is 1.76. The maximum Gasteiger partial charge on any atom is 0.248 e. The van der Waals surface area contributed by atoms with Crippen LogP contribution < -0.4 is 5.32 Å². The van der Waals surface area contributed by atoms with Gasteiger partial charge in [0.25, 0.3) is 0 Å². The Balaban J connectivity index is 2.04. The molecule has 0 saturated heterocycles. The highest BCUT2D eigenvalue weighted by Gasteiger charge is 2.03. The maximum atomic E-state index is 11.8. The zero-order valence-electron chi connectivity index (χ0n) is 10.4. The Labute approximate surface area is 116 Å². The third-order valence-electron chi connectivity index (χ3n) is 2.54. The van der Waals surface area contributed by atoms with Crippen molar-refractivity contribution in [3.05, 3.63) is 65.0 Å². The Morgan fingerprint density at radius 1 is 1.21 bits per heavy atom. The summed E-state index contributed by atoms with van der Waals surface area (Å²) in [5.41, 5.74) is 2.32. The summed E-state index contributed by atoms with van der Waals surface area (Å²) >= 11 is 5.76. The normalized spacial score (nSPS) is 10.6. The number of carbonyl (C=O) groups is 1. The number of halogens is 1. The number of benzene rings is 1.